The number of nitrogens with one attached hydrogen (secondary N) is 1. The molecule has 1 heterocycles. The summed E-state index contributed by atoms with van der Waals surface area (Å²) in [5.41, 5.74) is 4.52. The van der Waals surface area contributed by atoms with Gasteiger partial charge in [0.05, 0.1) is 11.8 Å². The fourth-order valence-electron chi connectivity index (χ4n) is 5.46. The Balaban J connectivity index is 1.95. The van der Waals surface area contributed by atoms with Gasteiger partial charge in [-0.15, -0.1) is 0 Å². The fraction of sp³-hybridized carbons (Fsp3) is 0.300. The molecule has 0 radical (unpaired) electrons. The second-order valence-electron chi connectivity index (χ2n) is 6.83. The molecule has 4 aliphatic rings. The second-order valence-corrected chi connectivity index (χ2v) is 6.83. The van der Waals surface area contributed by atoms with Crippen LogP contribution in [0.25, 0.3) is 0 Å². The van der Waals surface area contributed by atoms with Crippen LogP contribution in [0.15, 0.2) is 48.5 Å². The molecule has 2 aromatic rings. The van der Waals surface area contributed by atoms with Crippen molar-refractivity contribution < 1.29 is 9.59 Å². The maximum absolute atomic E-state index is 12.7. The molecule has 1 saturated heterocycles. The summed E-state index contributed by atoms with van der Waals surface area (Å²) >= 11 is 0. The third-order valence-corrected chi connectivity index (χ3v) is 6.19. The van der Waals surface area contributed by atoms with E-state index in [-0.39, 0.29) is 35.0 Å². The molecule has 2 aromatic carbocycles. The van der Waals surface area contributed by atoms with Crippen LogP contribution in [0.1, 0.15) is 41.5 Å². The summed E-state index contributed by atoms with van der Waals surface area (Å²) in [5, 5.41) is 2.61. The Morgan fingerprint density at radius 2 is 1.48 bits per heavy atom. The molecule has 3 aliphatic carbocycles. The smallest absolute Gasteiger partial charge is 0.231 e. The van der Waals surface area contributed by atoms with Gasteiger partial charge in [0.1, 0.15) is 0 Å². The van der Waals surface area contributed by atoms with Crippen molar-refractivity contribution in [3.63, 3.8) is 0 Å². The topological polar surface area (TPSA) is 46.2 Å². The highest BCUT2D eigenvalue weighted by Crippen LogP contribution is 2.63. The molecule has 1 N–H and O–H groups in total. The van der Waals surface area contributed by atoms with E-state index in [1.165, 1.54) is 22.3 Å². The van der Waals surface area contributed by atoms with E-state index < -0.39 is 0 Å². The Hall–Kier alpha value is -2.42. The maximum atomic E-state index is 12.7. The first-order valence-electron chi connectivity index (χ1n) is 8.23. The molecule has 1 aliphatic heterocycles. The van der Waals surface area contributed by atoms with Crippen LogP contribution in [0.4, 0.5) is 0 Å². The number of rotatable bonds is 1. The van der Waals surface area contributed by atoms with Crippen molar-refractivity contribution in [2.45, 2.75) is 24.7 Å². The molecule has 2 atom stereocenters. The summed E-state index contributed by atoms with van der Waals surface area (Å²) in [7, 11) is 0. The van der Waals surface area contributed by atoms with Crippen molar-refractivity contribution in [3.8, 4) is 0 Å². The number of carbonyl (C=O) groups is 2. The predicted molar refractivity (Wildman–Crippen MR) is 85.9 cm³/mol. The Bertz CT molecular complexity index is 822. The number of benzene rings is 2. The minimum Gasteiger partial charge on any atom is -0.296 e. The van der Waals surface area contributed by atoms with Gasteiger partial charge in [0, 0.05) is 11.3 Å². The zero-order chi connectivity index (χ0) is 15.8. The van der Waals surface area contributed by atoms with Crippen LogP contribution in [0, 0.1) is 11.8 Å². The molecular formula is C20H17NO2. The lowest BCUT2D eigenvalue weighted by Gasteiger charge is -2.54. The van der Waals surface area contributed by atoms with Crippen molar-refractivity contribution in [2.75, 3.05) is 0 Å². The number of carbonyl (C=O) groups excluding carboxylic acids is 2. The molecule has 2 amide bonds. The van der Waals surface area contributed by atoms with Gasteiger partial charge in [-0.1, -0.05) is 55.5 Å². The Labute approximate surface area is 134 Å². The third-order valence-electron chi connectivity index (χ3n) is 6.19. The van der Waals surface area contributed by atoms with Crippen LogP contribution in [-0.4, -0.2) is 11.8 Å². The molecular weight excluding hydrogens is 286 g/mol. The third kappa shape index (κ3) is 1.29. The predicted octanol–water partition coefficient (Wildman–Crippen LogP) is 2.73. The van der Waals surface area contributed by atoms with Crippen LogP contribution in [-0.2, 0) is 15.0 Å². The van der Waals surface area contributed by atoms with E-state index in [9.17, 15) is 9.59 Å². The molecule has 6 rings (SSSR count). The molecule has 2 bridgehead atoms. The molecule has 0 unspecified atom stereocenters. The van der Waals surface area contributed by atoms with Gasteiger partial charge in [-0.3, -0.25) is 14.9 Å². The standard InChI is InChI=1S/C20H17NO2/c1-2-20-13-9-5-3-7-11(13)15(12-8-4-6-10-14(12)20)16-17(20)19(23)21-18(16)22/h3-10,15-17H,2H2,1H3,(H,21,22,23)/t15?,16-,17-,20?/m0/s1. The maximum Gasteiger partial charge on any atom is 0.231 e. The largest absolute Gasteiger partial charge is 0.296 e. The summed E-state index contributed by atoms with van der Waals surface area (Å²) in [6, 6.07) is 16.7. The molecule has 3 heteroatoms. The Kier molecular flexibility index (Phi) is 2.33. The van der Waals surface area contributed by atoms with E-state index in [1.807, 2.05) is 24.3 Å². The fourth-order valence-corrected chi connectivity index (χ4v) is 5.46. The van der Waals surface area contributed by atoms with Gasteiger partial charge in [-0.25, -0.2) is 0 Å². The minimum absolute atomic E-state index is 0.00715. The van der Waals surface area contributed by atoms with E-state index in [0.29, 0.717) is 0 Å². The van der Waals surface area contributed by atoms with Crippen molar-refractivity contribution >= 4 is 11.8 Å². The first-order valence-corrected chi connectivity index (χ1v) is 8.23. The molecule has 0 saturated carbocycles. The van der Waals surface area contributed by atoms with Crippen molar-refractivity contribution in [1.29, 1.82) is 0 Å². The second kappa shape index (κ2) is 4.10. The van der Waals surface area contributed by atoms with Gasteiger partial charge < -0.3 is 0 Å². The highest BCUT2D eigenvalue weighted by molar-refractivity contribution is 6.08. The quantitative estimate of drug-likeness (QED) is 0.823. The highest BCUT2D eigenvalue weighted by atomic mass is 16.2. The Morgan fingerprint density at radius 1 is 0.913 bits per heavy atom. The molecule has 1 fully saturated rings. The van der Waals surface area contributed by atoms with Gasteiger partial charge in [-0.05, 0) is 28.7 Å². The first kappa shape index (κ1) is 13.1. The first-order chi connectivity index (χ1) is 11.2. The van der Waals surface area contributed by atoms with Gasteiger partial charge in [0.2, 0.25) is 11.8 Å². The van der Waals surface area contributed by atoms with E-state index in [1.54, 1.807) is 0 Å². The monoisotopic (exact) mass is 303 g/mol. The van der Waals surface area contributed by atoms with Gasteiger partial charge in [0.25, 0.3) is 0 Å². The molecule has 3 nitrogen and oxygen atoms in total. The van der Waals surface area contributed by atoms with E-state index >= 15 is 0 Å². The van der Waals surface area contributed by atoms with Crippen molar-refractivity contribution in [2.24, 2.45) is 11.8 Å². The summed E-state index contributed by atoms with van der Waals surface area (Å²) in [4.78, 5) is 25.2. The average molecular weight is 303 g/mol. The van der Waals surface area contributed by atoms with Crippen LogP contribution < -0.4 is 5.32 Å². The van der Waals surface area contributed by atoms with Crippen molar-refractivity contribution in [1.82, 2.24) is 5.32 Å². The zero-order valence-electron chi connectivity index (χ0n) is 12.9. The number of hydrogen-bond acceptors (Lipinski definition) is 2. The minimum atomic E-state index is -0.386. The molecule has 114 valence electrons. The summed E-state index contributed by atoms with van der Waals surface area (Å²) in [5.74, 6) is -0.767. The van der Waals surface area contributed by atoms with Gasteiger partial charge in [0.15, 0.2) is 0 Å². The lowest BCUT2D eigenvalue weighted by molar-refractivity contribution is -0.126. The molecule has 0 aromatic heterocycles. The lowest BCUT2D eigenvalue weighted by Crippen LogP contribution is -2.53. The summed E-state index contributed by atoms with van der Waals surface area (Å²) in [6.07, 6.45) is 0.815. The summed E-state index contributed by atoms with van der Waals surface area (Å²) < 4.78 is 0. The van der Waals surface area contributed by atoms with Crippen LogP contribution >= 0.6 is 0 Å². The van der Waals surface area contributed by atoms with E-state index in [2.05, 4.69) is 36.5 Å². The molecule has 0 spiro atoms. The van der Waals surface area contributed by atoms with E-state index in [0.717, 1.165) is 6.42 Å². The Morgan fingerprint density at radius 3 is 2.04 bits per heavy atom. The zero-order valence-corrected chi connectivity index (χ0v) is 12.9. The number of amides is 2. The number of imide groups is 1. The highest BCUT2D eigenvalue weighted by Gasteiger charge is 2.65. The van der Waals surface area contributed by atoms with Crippen LogP contribution in [0.2, 0.25) is 0 Å². The number of hydrogen-bond donors (Lipinski definition) is 1. The summed E-state index contributed by atoms with van der Waals surface area (Å²) in [6.45, 7) is 2.13. The molecule has 23 heavy (non-hydrogen) atoms. The normalized spacial score (nSPS) is 33.0. The van der Waals surface area contributed by atoms with Crippen molar-refractivity contribution in [3.05, 3.63) is 70.8 Å². The SMILES string of the molecule is CCC12c3ccccc3C(c3ccccc31)[C@@H]1C(=O)NC(=O)[C@H]12. The lowest BCUT2D eigenvalue weighted by atomic mass is 9.46. The van der Waals surface area contributed by atoms with E-state index in [4.69, 9.17) is 0 Å². The van der Waals surface area contributed by atoms with Crippen LogP contribution in [0.5, 0.6) is 0 Å². The van der Waals surface area contributed by atoms with Gasteiger partial charge >= 0.3 is 0 Å². The van der Waals surface area contributed by atoms with Crippen LogP contribution in [0.3, 0.4) is 0 Å². The van der Waals surface area contributed by atoms with Gasteiger partial charge in [-0.2, -0.15) is 0 Å². The average Bonchev–Trinajstić information content (AvgIpc) is 2.90.